The summed E-state index contributed by atoms with van der Waals surface area (Å²) in [7, 11) is 0. The molecule has 0 fully saturated rings. The Kier molecular flexibility index (Phi) is 6.01. The van der Waals surface area contributed by atoms with Crippen molar-refractivity contribution in [2.24, 2.45) is 5.92 Å². The van der Waals surface area contributed by atoms with Crippen LogP contribution in [0, 0.1) is 5.92 Å². The van der Waals surface area contributed by atoms with Crippen molar-refractivity contribution >= 4 is 55.0 Å². The van der Waals surface area contributed by atoms with Crippen LogP contribution >= 0.6 is 27.3 Å². The second-order valence-corrected chi connectivity index (χ2v) is 9.45. The summed E-state index contributed by atoms with van der Waals surface area (Å²) in [6, 6.07) is 7.22. The van der Waals surface area contributed by atoms with Crippen LogP contribution in [0.15, 0.2) is 39.9 Å². The number of anilines is 1. The van der Waals surface area contributed by atoms with Gasteiger partial charge in [0.15, 0.2) is 0 Å². The Morgan fingerprint density at radius 3 is 2.90 bits per heavy atom. The molecular weight excluding hydrogens is 468 g/mol. The van der Waals surface area contributed by atoms with Crippen LogP contribution in [0.5, 0.6) is 0 Å². The van der Waals surface area contributed by atoms with Crippen LogP contribution in [-0.2, 0) is 29.0 Å². The number of benzene rings is 1. The minimum atomic E-state index is -0.418. The van der Waals surface area contributed by atoms with Crippen LogP contribution in [0.25, 0.3) is 10.2 Å². The summed E-state index contributed by atoms with van der Waals surface area (Å²) >= 11 is 4.94. The molecule has 3 aromatic rings. The molecule has 4 rings (SSSR count). The average molecular weight is 489 g/mol. The normalized spacial score (nSPS) is 15.6. The smallest absolute Gasteiger partial charge is 0.262 e. The SMILES string of the molecule is CC1CCc2c(sc3ncn(CC(=O)NCC(=O)Nc4ccccc4Br)c(=O)c23)C1. The lowest BCUT2D eigenvalue weighted by molar-refractivity contribution is -0.124. The van der Waals surface area contributed by atoms with Gasteiger partial charge in [0.05, 0.1) is 23.9 Å². The molecular formula is C21H21BrN4O3S. The summed E-state index contributed by atoms with van der Waals surface area (Å²) in [6.45, 7) is 1.86. The van der Waals surface area contributed by atoms with Crippen molar-refractivity contribution in [2.75, 3.05) is 11.9 Å². The van der Waals surface area contributed by atoms with E-state index in [1.165, 1.54) is 15.8 Å². The molecule has 1 aromatic carbocycles. The van der Waals surface area contributed by atoms with Crippen molar-refractivity contribution in [3.8, 4) is 0 Å². The molecule has 1 aliphatic rings. The zero-order chi connectivity index (χ0) is 21.3. The number of nitrogens with zero attached hydrogens (tertiary/aromatic N) is 2. The number of rotatable bonds is 5. The van der Waals surface area contributed by atoms with E-state index in [2.05, 4.69) is 38.5 Å². The highest BCUT2D eigenvalue weighted by molar-refractivity contribution is 9.10. The molecule has 1 unspecified atom stereocenters. The van der Waals surface area contributed by atoms with Gasteiger partial charge in [-0.3, -0.25) is 19.0 Å². The van der Waals surface area contributed by atoms with Crippen LogP contribution < -0.4 is 16.2 Å². The maximum absolute atomic E-state index is 13.0. The molecule has 9 heteroatoms. The van der Waals surface area contributed by atoms with Gasteiger partial charge >= 0.3 is 0 Å². The standard InChI is InChI=1S/C21H21BrN4O3S/c1-12-6-7-13-16(8-12)30-20-19(13)21(29)26(11-24-20)10-18(28)23-9-17(27)25-15-5-3-2-4-14(15)22/h2-5,11-12H,6-10H2,1H3,(H,23,28)(H,25,27). The molecule has 0 bridgehead atoms. The number of para-hydroxylation sites is 1. The Bertz CT molecular complexity index is 1190. The second-order valence-electron chi connectivity index (χ2n) is 7.51. The van der Waals surface area contributed by atoms with Crippen molar-refractivity contribution in [3.05, 3.63) is 55.9 Å². The third-order valence-electron chi connectivity index (χ3n) is 5.19. The number of amides is 2. The van der Waals surface area contributed by atoms with Gasteiger partial charge in [-0.2, -0.15) is 0 Å². The third-order valence-corrected chi connectivity index (χ3v) is 7.04. The van der Waals surface area contributed by atoms with Gasteiger partial charge in [-0.1, -0.05) is 19.1 Å². The second kappa shape index (κ2) is 8.69. The Morgan fingerprint density at radius 1 is 1.30 bits per heavy atom. The minimum absolute atomic E-state index is 0.175. The number of carbonyl (C=O) groups excluding carboxylic acids is 2. The van der Waals surface area contributed by atoms with Crippen LogP contribution in [-0.4, -0.2) is 27.9 Å². The van der Waals surface area contributed by atoms with E-state index in [9.17, 15) is 14.4 Å². The van der Waals surface area contributed by atoms with Gasteiger partial charge in [0.25, 0.3) is 5.56 Å². The lowest BCUT2D eigenvalue weighted by atomic mass is 9.89. The Labute approximate surface area is 185 Å². The summed E-state index contributed by atoms with van der Waals surface area (Å²) in [5.41, 5.74) is 1.52. The minimum Gasteiger partial charge on any atom is -0.345 e. The van der Waals surface area contributed by atoms with E-state index in [0.29, 0.717) is 17.0 Å². The summed E-state index contributed by atoms with van der Waals surface area (Å²) < 4.78 is 2.07. The highest BCUT2D eigenvalue weighted by Gasteiger charge is 2.23. The quantitative estimate of drug-likeness (QED) is 0.576. The summed E-state index contributed by atoms with van der Waals surface area (Å²) in [4.78, 5) is 43.7. The summed E-state index contributed by atoms with van der Waals surface area (Å²) in [6.07, 6.45) is 4.32. The summed E-state index contributed by atoms with van der Waals surface area (Å²) in [5.74, 6) is -0.156. The van der Waals surface area contributed by atoms with Gasteiger partial charge in [-0.05, 0) is 58.8 Å². The van der Waals surface area contributed by atoms with E-state index < -0.39 is 5.91 Å². The van der Waals surface area contributed by atoms with Crippen molar-refractivity contribution in [1.29, 1.82) is 0 Å². The largest absolute Gasteiger partial charge is 0.345 e. The molecule has 7 nitrogen and oxygen atoms in total. The first-order valence-corrected chi connectivity index (χ1v) is 11.3. The lowest BCUT2D eigenvalue weighted by Gasteiger charge is -2.17. The Balaban J connectivity index is 1.42. The number of hydrogen-bond donors (Lipinski definition) is 2. The first kappa shape index (κ1) is 20.7. The van der Waals surface area contributed by atoms with E-state index in [1.54, 1.807) is 23.5 Å². The van der Waals surface area contributed by atoms with Crippen LogP contribution in [0.3, 0.4) is 0 Å². The third kappa shape index (κ3) is 4.32. The monoisotopic (exact) mass is 488 g/mol. The lowest BCUT2D eigenvalue weighted by Crippen LogP contribution is -2.37. The number of aryl methyl sites for hydroxylation is 1. The highest BCUT2D eigenvalue weighted by Crippen LogP contribution is 2.35. The number of hydrogen-bond acceptors (Lipinski definition) is 5. The van der Waals surface area contributed by atoms with E-state index in [1.807, 2.05) is 12.1 Å². The van der Waals surface area contributed by atoms with E-state index >= 15 is 0 Å². The van der Waals surface area contributed by atoms with Gasteiger partial charge in [-0.15, -0.1) is 11.3 Å². The van der Waals surface area contributed by atoms with Crippen molar-refractivity contribution in [1.82, 2.24) is 14.9 Å². The van der Waals surface area contributed by atoms with Crippen LogP contribution in [0.4, 0.5) is 5.69 Å². The Morgan fingerprint density at radius 2 is 2.10 bits per heavy atom. The molecule has 30 heavy (non-hydrogen) atoms. The molecule has 156 valence electrons. The van der Waals surface area contributed by atoms with Gasteiger partial charge in [0.1, 0.15) is 11.4 Å². The molecule has 2 N–H and O–H groups in total. The fourth-order valence-electron chi connectivity index (χ4n) is 3.63. The van der Waals surface area contributed by atoms with Gasteiger partial charge < -0.3 is 10.6 Å². The molecule has 1 aliphatic carbocycles. The molecule has 0 radical (unpaired) electrons. The summed E-state index contributed by atoms with van der Waals surface area (Å²) in [5, 5.41) is 5.92. The molecule has 1 atom stereocenters. The molecule has 0 aliphatic heterocycles. The number of fused-ring (bicyclic) bond motifs is 3. The maximum Gasteiger partial charge on any atom is 0.262 e. The number of nitrogens with one attached hydrogen (secondary N) is 2. The first-order valence-electron chi connectivity index (χ1n) is 9.73. The van der Waals surface area contributed by atoms with Crippen LogP contribution in [0.2, 0.25) is 0 Å². The zero-order valence-electron chi connectivity index (χ0n) is 16.4. The average Bonchev–Trinajstić information content (AvgIpc) is 3.08. The van der Waals surface area contributed by atoms with Crippen LogP contribution in [0.1, 0.15) is 23.8 Å². The van der Waals surface area contributed by atoms with E-state index in [0.717, 1.165) is 34.1 Å². The predicted molar refractivity (Wildman–Crippen MR) is 121 cm³/mol. The zero-order valence-corrected chi connectivity index (χ0v) is 18.8. The van der Waals surface area contributed by atoms with Gasteiger partial charge in [0, 0.05) is 9.35 Å². The maximum atomic E-state index is 13.0. The molecule has 2 aromatic heterocycles. The van der Waals surface area contributed by atoms with Gasteiger partial charge in [0.2, 0.25) is 11.8 Å². The molecule has 0 saturated heterocycles. The number of halogens is 1. The predicted octanol–water partition coefficient (Wildman–Crippen LogP) is 3.10. The van der Waals surface area contributed by atoms with Crippen molar-refractivity contribution in [2.45, 2.75) is 32.7 Å². The molecule has 2 amide bonds. The van der Waals surface area contributed by atoms with Gasteiger partial charge in [-0.25, -0.2) is 4.98 Å². The first-order chi connectivity index (χ1) is 14.4. The number of aromatic nitrogens is 2. The van der Waals surface area contributed by atoms with Crippen molar-refractivity contribution < 1.29 is 9.59 Å². The molecule has 2 heterocycles. The number of thiophene rings is 1. The number of carbonyl (C=O) groups is 2. The van der Waals surface area contributed by atoms with Crippen molar-refractivity contribution in [3.63, 3.8) is 0 Å². The highest BCUT2D eigenvalue weighted by atomic mass is 79.9. The van der Waals surface area contributed by atoms with E-state index in [4.69, 9.17) is 0 Å². The Hall–Kier alpha value is -2.52. The molecule has 0 spiro atoms. The molecule has 0 saturated carbocycles. The van der Waals surface area contributed by atoms with E-state index in [-0.39, 0.29) is 24.6 Å². The fraction of sp³-hybridized carbons (Fsp3) is 0.333. The fourth-order valence-corrected chi connectivity index (χ4v) is 5.35. The topological polar surface area (TPSA) is 93.1 Å².